The molecule has 0 unspecified atom stereocenters. The number of carboxylic acid groups (broad SMARTS) is 1. The Morgan fingerprint density at radius 1 is 1.05 bits per heavy atom. The van der Waals surface area contributed by atoms with E-state index in [0.29, 0.717) is 0 Å². The van der Waals surface area contributed by atoms with Crippen molar-refractivity contribution in [2.75, 3.05) is 32.3 Å². The Bertz CT molecular complexity index is 1630. The summed E-state index contributed by atoms with van der Waals surface area (Å²) in [4.78, 5) is 35.6. The van der Waals surface area contributed by atoms with Crippen LogP contribution in [0.4, 0.5) is 23.2 Å². The second-order valence-electron chi connectivity index (χ2n) is 9.29. The number of hydrogen-bond acceptors (Lipinski definition) is 8. The molecule has 2 heterocycles. The molecule has 15 heteroatoms. The van der Waals surface area contributed by atoms with E-state index in [-0.39, 0.29) is 41.7 Å². The van der Waals surface area contributed by atoms with Crippen molar-refractivity contribution in [1.82, 2.24) is 9.97 Å². The summed E-state index contributed by atoms with van der Waals surface area (Å²) in [5.41, 5.74) is -0.509. The van der Waals surface area contributed by atoms with Crippen LogP contribution in [0, 0.1) is 5.82 Å². The molecule has 9 nitrogen and oxygen atoms in total. The van der Waals surface area contributed by atoms with Gasteiger partial charge in [-0.1, -0.05) is 11.6 Å². The number of amides is 1. The van der Waals surface area contributed by atoms with Crippen LogP contribution in [-0.2, 0) is 22.1 Å². The average molecular weight is 654 g/mol. The number of methoxy groups -OCH3 is 2. The van der Waals surface area contributed by atoms with Crippen molar-refractivity contribution in [2.45, 2.75) is 18.6 Å². The van der Waals surface area contributed by atoms with Crippen molar-refractivity contribution in [3.8, 4) is 11.6 Å². The van der Waals surface area contributed by atoms with E-state index in [0.717, 1.165) is 40.1 Å². The highest BCUT2D eigenvalue weighted by Gasteiger charge is 2.36. The van der Waals surface area contributed by atoms with Crippen LogP contribution in [0.1, 0.15) is 36.7 Å². The van der Waals surface area contributed by atoms with E-state index >= 15 is 0 Å². The number of carbonyl (C=O) groups is 2. The lowest BCUT2D eigenvalue weighted by atomic mass is 10.1. The maximum Gasteiger partial charge on any atom is 0.421 e. The van der Waals surface area contributed by atoms with E-state index in [1.54, 1.807) is 5.51 Å². The molecule has 1 N–H and O–H groups in total. The van der Waals surface area contributed by atoms with Gasteiger partial charge in [-0.15, -0.1) is 11.3 Å². The number of alkyl halides is 3. The monoisotopic (exact) mass is 653 g/mol. The fourth-order valence-electron chi connectivity index (χ4n) is 4.33. The van der Waals surface area contributed by atoms with E-state index < -0.39 is 52.5 Å². The molecule has 0 spiro atoms. The number of carbonyl (C=O) groups excluding carboxylic acids is 1. The summed E-state index contributed by atoms with van der Waals surface area (Å²) in [5.74, 6) is -4.55. The van der Waals surface area contributed by atoms with Crippen LogP contribution in [-0.4, -0.2) is 60.4 Å². The minimum absolute atomic E-state index is 0.0343. The Labute approximate surface area is 257 Å². The maximum atomic E-state index is 14.8. The number of halogens is 5. The highest BCUT2D eigenvalue weighted by Crippen LogP contribution is 2.39. The van der Waals surface area contributed by atoms with E-state index in [1.165, 1.54) is 50.1 Å². The number of hydrogen-bond donors (Lipinski definition) is 1. The number of carboxylic acids is 1. The summed E-state index contributed by atoms with van der Waals surface area (Å²) in [5, 5.41) is 10.1. The average Bonchev–Trinajstić information content (AvgIpc) is 3.47. The molecule has 0 saturated heterocycles. The van der Waals surface area contributed by atoms with Crippen LogP contribution in [0.25, 0.3) is 0 Å². The molecule has 4 rings (SSSR count). The topological polar surface area (TPSA) is 111 Å². The number of rotatable bonds is 12. The third kappa shape index (κ3) is 7.69. The van der Waals surface area contributed by atoms with Crippen LogP contribution >= 0.6 is 22.9 Å². The number of pyridine rings is 1. The third-order valence-corrected chi connectivity index (χ3v) is 7.23. The van der Waals surface area contributed by atoms with Crippen molar-refractivity contribution in [2.24, 2.45) is 0 Å². The molecule has 0 aliphatic carbocycles. The summed E-state index contributed by atoms with van der Waals surface area (Å²) in [6.07, 6.45) is -1.92. The Hall–Kier alpha value is -4.11. The van der Waals surface area contributed by atoms with Gasteiger partial charge in [-0.25, -0.2) is 14.2 Å². The zero-order chi connectivity index (χ0) is 32.0. The minimum Gasteiger partial charge on any atom is -0.478 e. The summed E-state index contributed by atoms with van der Waals surface area (Å²) >= 11 is 7.11. The normalized spacial score (nSPS) is 11.5. The van der Waals surface area contributed by atoms with Gasteiger partial charge in [0.1, 0.15) is 17.1 Å². The van der Waals surface area contributed by atoms with Crippen LogP contribution in [0.5, 0.6) is 11.6 Å². The first-order valence-electron chi connectivity index (χ1n) is 12.7. The van der Waals surface area contributed by atoms with Gasteiger partial charge in [0.15, 0.2) is 0 Å². The molecule has 0 aliphatic heterocycles. The van der Waals surface area contributed by atoms with Gasteiger partial charge in [0.05, 0.1) is 41.6 Å². The molecule has 2 aromatic carbocycles. The second kappa shape index (κ2) is 14.1. The lowest BCUT2D eigenvalue weighted by Crippen LogP contribution is -2.46. The quantitative estimate of drug-likeness (QED) is 0.167. The van der Waals surface area contributed by atoms with E-state index in [1.807, 2.05) is 0 Å². The zero-order valence-electron chi connectivity index (χ0n) is 23.1. The van der Waals surface area contributed by atoms with Crippen LogP contribution < -0.4 is 9.64 Å². The lowest BCUT2D eigenvalue weighted by Gasteiger charge is -2.32. The van der Waals surface area contributed by atoms with Gasteiger partial charge in [0.2, 0.25) is 5.88 Å². The fourth-order valence-corrected chi connectivity index (χ4v) is 5.11. The Morgan fingerprint density at radius 2 is 1.77 bits per heavy atom. The molecule has 0 atom stereocenters. The number of aromatic carboxylic acids is 1. The van der Waals surface area contributed by atoms with Gasteiger partial charge in [0, 0.05) is 42.9 Å². The Balaban J connectivity index is 1.77. The largest absolute Gasteiger partial charge is 0.478 e. The SMILES string of the molecule is COCC(COC)N(C(=O)c1ccc(Cl)cc1F)c1ccc(Oc2ncc(Cc3cncs3)cc2C(F)(F)F)cc1C(=O)O. The second-order valence-corrected chi connectivity index (χ2v) is 10.7. The summed E-state index contributed by atoms with van der Waals surface area (Å²) in [6.45, 7) is -0.280. The highest BCUT2D eigenvalue weighted by atomic mass is 35.5. The molecular weight excluding hydrogens is 630 g/mol. The predicted molar refractivity (Wildman–Crippen MR) is 153 cm³/mol. The lowest BCUT2D eigenvalue weighted by molar-refractivity contribution is -0.138. The molecule has 0 saturated carbocycles. The van der Waals surface area contributed by atoms with E-state index in [2.05, 4.69) is 9.97 Å². The van der Waals surface area contributed by atoms with Gasteiger partial charge in [0.25, 0.3) is 5.91 Å². The minimum atomic E-state index is -4.85. The molecular formula is C29H24ClF4N3O6S. The number of nitrogens with zero attached hydrogens (tertiary/aromatic N) is 3. The Kier molecular flexibility index (Phi) is 10.5. The summed E-state index contributed by atoms with van der Waals surface area (Å²) in [7, 11) is 2.69. The molecule has 0 fully saturated rings. The molecule has 1 amide bonds. The predicted octanol–water partition coefficient (Wildman–Crippen LogP) is 6.74. The first-order valence-corrected chi connectivity index (χ1v) is 13.9. The van der Waals surface area contributed by atoms with Gasteiger partial charge < -0.3 is 19.3 Å². The molecule has 44 heavy (non-hydrogen) atoms. The first kappa shape index (κ1) is 32.8. The van der Waals surface area contributed by atoms with Crippen molar-refractivity contribution in [3.63, 3.8) is 0 Å². The van der Waals surface area contributed by atoms with E-state index in [4.69, 9.17) is 25.8 Å². The maximum absolute atomic E-state index is 14.8. The Morgan fingerprint density at radius 3 is 2.36 bits per heavy atom. The van der Waals surface area contributed by atoms with Gasteiger partial charge in [-0.2, -0.15) is 13.2 Å². The van der Waals surface area contributed by atoms with Gasteiger partial charge in [-0.05, 0) is 48.0 Å². The van der Waals surface area contributed by atoms with Crippen molar-refractivity contribution >= 4 is 40.5 Å². The molecule has 0 aliphatic rings. The third-order valence-electron chi connectivity index (χ3n) is 6.21. The van der Waals surface area contributed by atoms with Crippen LogP contribution in [0.3, 0.4) is 0 Å². The van der Waals surface area contributed by atoms with Crippen molar-refractivity contribution in [3.05, 3.63) is 98.3 Å². The number of thiazole rings is 1. The molecule has 232 valence electrons. The zero-order valence-corrected chi connectivity index (χ0v) is 24.7. The highest BCUT2D eigenvalue weighted by molar-refractivity contribution is 7.09. The number of anilines is 1. The van der Waals surface area contributed by atoms with Crippen molar-refractivity contribution in [1.29, 1.82) is 0 Å². The first-order chi connectivity index (χ1) is 20.9. The number of benzene rings is 2. The van der Waals surface area contributed by atoms with Crippen molar-refractivity contribution < 1.29 is 46.5 Å². The summed E-state index contributed by atoms with van der Waals surface area (Å²) in [6, 6.07) is 6.60. The fraction of sp³-hybridized carbons (Fsp3) is 0.241. The smallest absolute Gasteiger partial charge is 0.421 e. The van der Waals surface area contributed by atoms with Gasteiger partial charge in [-0.3, -0.25) is 14.7 Å². The van der Waals surface area contributed by atoms with E-state index in [9.17, 15) is 32.3 Å². The number of aromatic nitrogens is 2. The van der Waals surface area contributed by atoms with Crippen LogP contribution in [0.2, 0.25) is 5.02 Å². The molecule has 0 radical (unpaired) electrons. The summed E-state index contributed by atoms with van der Waals surface area (Å²) < 4.78 is 72.7. The van der Waals surface area contributed by atoms with Crippen LogP contribution in [0.15, 0.2) is 60.4 Å². The molecule has 4 aromatic rings. The number of ether oxygens (including phenoxy) is 3. The van der Waals surface area contributed by atoms with Gasteiger partial charge >= 0.3 is 12.1 Å². The standard InChI is InChI=1S/C29H24ClF4N3O6S/c1-41-13-18(14-42-2)37(27(38)21-5-3-17(30)9-24(21)31)25-6-4-19(10-22(25)28(39)40)43-26-23(29(32,33)34)8-16(11-36-26)7-20-12-35-15-44-20/h3-6,8-12,15,18H,7,13-14H2,1-2H3,(H,39,40). The molecule has 0 bridgehead atoms. The molecule has 2 aromatic heterocycles.